The number of carboxylic acid groups (broad SMARTS) is 1. The number of hydrogen-bond donors (Lipinski definition) is 2. The maximum atomic E-state index is 11.0. The zero-order chi connectivity index (χ0) is 12.5. The maximum Gasteiger partial charge on any atom is 0.335 e. The number of rotatable bonds is 2. The monoisotopic (exact) mass is 238 g/mol. The number of H-pyrrole nitrogens is 1. The van der Waals surface area contributed by atoms with Crippen LogP contribution in [-0.2, 0) is 0 Å². The Kier molecular flexibility index (Phi) is 2.34. The molecular weight excluding hydrogens is 228 g/mol. The molecule has 0 aliphatic carbocycles. The smallest absolute Gasteiger partial charge is 0.335 e. The van der Waals surface area contributed by atoms with E-state index in [-0.39, 0.29) is 5.56 Å². The van der Waals surface area contributed by atoms with E-state index in [1.807, 2.05) is 18.3 Å². The van der Waals surface area contributed by atoms with Crippen molar-refractivity contribution < 1.29 is 9.90 Å². The van der Waals surface area contributed by atoms with Crippen molar-refractivity contribution in [2.45, 2.75) is 0 Å². The summed E-state index contributed by atoms with van der Waals surface area (Å²) in [4.78, 5) is 18.1. The van der Waals surface area contributed by atoms with Crippen molar-refractivity contribution in [2.75, 3.05) is 0 Å². The van der Waals surface area contributed by atoms with Crippen molar-refractivity contribution in [3.8, 4) is 11.1 Å². The van der Waals surface area contributed by atoms with E-state index in [1.54, 1.807) is 30.6 Å². The van der Waals surface area contributed by atoms with Gasteiger partial charge in [-0.1, -0.05) is 0 Å². The number of nitrogens with one attached hydrogen (secondary N) is 1. The molecule has 0 aliphatic rings. The molecule has 0 unspecified atom stereocenters. The van der Waals surface area contributed by atoms with Crippen LogP contribution in [0.3, 0.4) is 0 Å². The molecule has 18 heavy (non-hydrogen) atoms. The van der Waals surface area contributed by atoms with Crippen molar-refractivity contribution in [1.29, 1.82) is 0 Å². The molecule has 0 saturated heterocycles. The van der Waals surface area contributed by atoms with E-state index < -0.39 is 5.97 Å². The minimum Gasteiger partial charge on any atom is -0.478 e. The van der Waals surface area contributed by atoms with Gasteiger partial charge < -0.3 is 10.1 Å². The van der Waals surface area contributed by atoms with Gasteiger partial charge in [-0.25, -0.2) is 4.79 Å². The van der Waals surface area contributed by atoms with Gasteiger partial charge >= 0.3 is 5.97 Å². The van der Waals surface area contributed by atoms with E-state index in [4.69, 9.17) is 5.11 Å². The highest BCUT2D eigenvalue weighted by Gasteiger charge is 2.09. The number of carboxylic acids is 1. The van der Waals surface area contributed by atoms with E-state index >= 15 is 0 Å². The fourth-order valence-corrected chi connectivity index (χ4v) is 2.02. The first-order valence-corrected chi connectivity index (χ1v) is 5.50. The normalized spacial score (nSPS) is 10.7. The third kappa shape index (κ3) is 1.64. The van der Waals surface area contributed by atoms with Crippen molar-refractivity contribution in [3.05, 3.63) is 54.5 Å². The van der Waals surface area contributed by atoms with Crippen LogP contribution in [0.25, 0.3) is 22.0 Å². The fraction of sp³-hybridized carbons (Fsp3) is 0. The second-order valence-corrected chi connectivity index (χ2v) is 4.00. The molecule has 0 saturated carbocycles. The number of carbonyl (C=O) groups is 1. The van der Waals surface area contributed by atoms with E-state index in [0.29, 0.717) is 0 Å². The molecule has 0 spiro atoms. The molecule has 3 rings (SSSR count). The lowest BCUT2D eigenvalue weighted by Crippen LogP contribution is -1.94. The molecule has 1 aromatic carbocycles. The molecule has 3 aromatic rings. The largest absolute Gasteiger partial charge is 0.478 e. The number of benzene rings is 1. The van der Waals surface area contributed by atoms with Crippen LogP contribution in [0.5, 0.6) is 0 Å². The Morgan fingerprint density at radius 1 is 1.17 bits per heavy atom. The van der Waals surface area contributed by atoms with Crippen molar-refractivity contribution in [1.82, 2.24) is 9.97 Å². The molecule has 2 N–H and O–H groups in total. The summed E-state index contributed by atoms with van der Waals surface area (Å²) in [6, 6.07) is 8.86. The highest BCUT2D eigenvalue weighted by Crippen LogP contribution is 2.28. The van der Waals surface area contributed by atoms with Crippen LogP contribution in [0.2, 0.25) is 0 Å². The van der Waals surface area contributed by atoms with Gasteiger partial charge in [0.1, 0.15) is 0 Å². The van der Waals surface area contributed by atoms with Gasteiger partial charge in [0.15, 0.2) is 0 Å². The molecule has 0 fully saturated rings. The number of aromatic amines is 1. The number of aromatic nitrogens is 2. The Labute approximate surface area is 103 Å². The van der Waals surface area contributed by atoms with Crippen LogP contribution >= 0.6 is 0 Å². The summed E-state index contributed by atoms with van der Waals surface area (Å²) in [6.07, 6.45) is 5.32. The van der Waals surface area contributed by atoms with Gasteiger partial charge in [0.2, 0.25) is 0 Å². The predicted molar refractivity (Wildman–Crippen MR) is 68.5 cm³/mol. The topological polar surface area (TPSA) is 66.0 Å². The molecule has 4 nitrogen and oxygen atoms in total. The lowest BCUT2D eigenvalue weighted by molar-refractivity contribution is 0.0697. The number of aromatic carboxylic acids is 1. The number of hydrogen-bond acceptors (Lipinski definition) is 2. The van der Waals surface area contributed by atoms with Gasteiger partial charge in [0, 0.05) is 35.1 Å². The minimum absolute atomic E-state index is 0.289. The van der Waals surface area contributed by atoms with E-state index in [2.05, 4.69) is 9.97 Å². The van der Waals surface area contributed by atoms with Gasteiger partial charge in [-0.15, -0.1) is 0 Å². The van der Waals surface area contributed by atoms with Crippen molar-refractivity contribution >= 4 is 16.9 Å². The summed E-state index contributed by atoms with van der Waals surface area (Å²) in [5, 5.41) is 9.93. The van der Waals surface area contributed by atoms with Crippen LogP contribution in [0.1, 0.15) is 10.4 Å². The fourth-order valence-electron chi connectivity index (χ4n) is 2.02. The SMILES string of the molecule is O=C(O)c1ccc2[nH]cc(-c3ccncc3)c2c1. The van der Waals surface area contributed by atoms with E-state index in [0.717, 1.165) is 22.0 Å². The van der Waals surface area contributed by atoms with Gasteiger partial charge in [-0.2, -0.15) is 0 Å². The van der Waals surface area contributed by atoms with Gasteiger partial charge in [0.05, 0.1) is 5.56 Å². The molecule has 2 aromatic heterocycles. The first-order chi connectivity index (χ1) is 8.75. The van der Waals surface area contributed by atoms with Crippen molar-refractivity contribution in [3.63, 3.8) is 0 Å². The third-order valence-electron chi connectivity index (χ3n) is 2.92. The van der Waals surface area contributed by atoms with Crippen molar-refractivity contribution in [2.24, 2.45) is 0 Å². The van der Waals surface area contributed by atoms with Crippen LogP contribution in [0, 0.1) is 0 Å². The standard InChI is InChI=1S/C14H10N2O2/c17-14(18)10-1-2-13-11(7-10)12(8-16-13)9-3-5-15-6-4-9/h1-8,16H,(H,17,18). The Morgan fingerprint density at radius 2 is 1.94 bits per heavy atom. The van der Waals surface area contributed by atoms with Gasteiger partial charge in [-0.05, 0) is 35.9 Å². The number of nitrogens with zero attached hydrogens (tertiary/aromatic N) is 1. The maximum absolute atomic E-state index is 11.0. The molecule has 0 aliphatic heterocycles. The average molecular weight is 238 g/mol. The van der Waals surface area contributed by atoms with Crippen LogP contribution in [0.15, 0.2) is 48.9 Å². The first-order valence-electron chi connectivity index (χ1n) is 5.50. The zero-order valence-electron chi connectivity index (χ0n) is 9.42. The van der Waals surface area contributed by atoms with Crippen LogP contribution in [0.4, 0.5) is 0 Å². The third-order valence-corrected chi connectivity index (χ3v) is 2.92. The van der Waals surface area contributed by atoms with Crippen LogP contribution < -0.4 is 0 Å². The summed E-state index contributed by atoms with van der Waals surface area (Å²) >= 11 is 0. The zero-order valence-corrected chi connectivity index (χ0v) is 9.42. The lowest BCUT2D eigenvalue weighted by Gasteiger charge is -2.00. The van der Waals surface area contributed by atoms with E-state index in [9.17, 15) is 4.79 Å². The van der Waals surface area contributed by atoms with E-state index in [1.165, 1.54) is 0 Å². The van der Waals surface area contributed by atoms with Gasteiger partial charge in [-0.3, -0.25) is 4.98 Å². The van der Waals surface area contributed by atoms with Gasteiger partial charge in [0.25, 0.3) is 0 Å². The molecule has 0 amide bonds. The highest BCUT2D eigenvalue weighted by atomic mass is 16.4. The number of pyridine rings is 1. The summed E-state index contributed by atoms with van der Waals surface area (Å²) in [5.74, 6) is -0.918. The molecule has 2 heterocycles. The first kappa shape index (κ1) is 10.5. The Balaban J connectivity index is 2.24. The minimum atomic E-state index is -0.918. The predicted octanol–water partition coefficient (Wildman–Crippen LogP) is 2.93. The average Bonchev–Trinajstić information content (AvgIpc) is 2.82. The Hall–Kier alpha value is -2.62. The second-order valence-electron chi connectivity index (χ2n) is 4.00. The quantitative estimate of drug-likeness (QED) is 0.721. The number of fused-ring (bicyclic) bond motifs is 1. The molecule has 4 heteroatoms. The summed E-state index contributed by atoms with van der Waals surface area (Å²) in [6.45, 7) is 0. The molecule has 88 valence electrons. The molecule has 0 radical (unpaired) electrons. The summed E-state index contributed by atoms with van der Waals surface area (Å²) < 4.78 is 0. The van der Waals surface area contributed by atoms with Crippen LogP contribution in [-0.4, -0.2) is 21.0 Å². The Bertz CT molecular complexity index is 717. The molecule has 0 bridgehead atoms. The summed E-state index contributed by atoms with van der Waals surface area (Å²) in [5.41, 5.74) is 3.21. The second kappa shape index (κ2) is 4.00. The highest BCUT2D eigenvalue weighted by molar-refractivity contribution is 6.00. The Morgan fingerprint density at radius 3 is 2.67 bits per heavy atom. The molecule has 0 atom stereocenters. The summed E-state index contributed by atoms with van der Waals surface area (Å²) in [7, 11) is 0. The lowest BCUT2D eigenvalue weighted by atomic mass is 10.0. The molecular formula is C14H10N2O2.